The Morgan fingerprint density at radius 2 is 2.17 bits per heavy atom. The maximum Gasteiger partial charge on any atom is 0.238 e. The third kappa shape index (κ3) is 5.82. The number of thioether (sulfide) groups is 1. The van der Waals surface area contributed by atoms with Crippen LogP contribution in [0.4, 0.5) is 5.69 Å². The van der Waals surface area contributed by atoms with Crippen molar-refractivity contribution < 1.29 is 9.90 Å². The summed E-state index contributed by atoms with van der Waals surface area (Å²) in [5.74, 6) is 0.362. The molecule has 1 fully saturated rings. The van der Waals surface area contributed by atoms with Crippen LogP contribution < -0.4 is 5.32 Å². The molecule has 1 aromatic carbocycles. The summed E-state index contributed by atoms with van der Waals surface area (Å²) in [6.45, 7) is 4.34. The molecule has 0 spiro atoms. The number of hydrogen-bond acceptors (Lipinski definition) is 5. The van der Waals surface area contributed by atoms with Crippen molar-refractivity contribution >= 4 is 23.4 Å². The zero-order valence-electron chi connectivity index (χ0n) is 14.1. The van der Waals surface area contributed by atoms with Crippen LogP contribution >= 0.6 is 11.8 Å². The van der Waals surface area contributed by atoms with Crippen LogP contribution in [0, 0.1) is 17.2 Å². The zero-order chi connectivity index (χ0) is 17.4. The second-order valence-corrected chi connectivity index (χ2v) is 7.72. The molecule has 6 heteroatoms. The molecule has 0 saturated carbocycles. The Hall–Kier alpha value is -1.55. The SMILES string of the molecule is CC(CC#N)Sc1ccccc1NC(=O)CN1CCC(CO)CC1. The predicted octanol–water partition coefficient (Wildman–Crippen LogP) is 2.72. The largest absolute Gasteiger partial charge is 0.396 e. The van der Waals surface area contributed by atoms with Gasteiger partial charge in [0.15, 0.2) is 0 Å². The Kier molecular flexibility index (Phi) is 7.57. The Morgan fingerprint density at radius 3 is 2.83 bits per heavy atom. The van der Waals surface area contributed by atoms with Crippen LogP contribution in [0.1, 0.15) is 26.2 Å². The van der Waals surface area contributed by atoms with Crippen LogP contribution in [0.3, 0.4) is 0 Å². The van der Waals surface area contributed by atoms with Gasteiger partial charge in [-0.25, -0.2) is 0 Å². The number of carbonyl (C=O) groups is 1. The highest BCUT2D eigenvalue weighted by atomic mass is 32.2. The summed E-state index contributed by atoms with van der Waals surface area (Å²) in [5.41, 5.74) is 0.808. The first-order valence-electron chi connectivity index (χ1n) is 8.38. The normalized spacial score (nSPS) is 17.2. The third-order valence-electron chi connectivity index (χ3n) is 4.20. The van der Waals surface area contributed by atoms with Crippen molar-refractivity contribution in [1.29, 1.82) is 5.26 Å². The van der Waals surface area contributed by atoms with Crippen molar-refractivity contribution in [2.45, 2.75) is 36.3 Å². The van der Waals surface area contributed by atoms with E-state index in [-0.39, 0.29) is 17.8 Å². The van der Waals surface area contributed by atoms with E-state index in [2.05, 4.69) is 16.3 Å². The first-order valence-corrected chi connectivity index (χ1v) is 9.26. The second kappa shape index (κ2) is 9.67. The molecule has 24 heavy (non-hydrogen) atoms. The van der Waals surface area contributed by atoms with Crippen molar-refractivity contribution in [2.24, 2.45) is 5.92 Å². The number of para-hydroxylation sites is 1. The number of aliphatic hydroxyl groups excluding tert-OH is 1. The Labute approximate surface area is 148 Å². The number of piperidine rings is 1. The molecule has 1 amide bonds. The maximum atomic E-state index is 12.3. The number of likely N-dealkylation sites (tertiary alicyclic amines) is 1. The number of amides is 1. The number of hydrogen-bond donors (Lipinski definition) is 2. The van der Waals surface area contributed by atoms with Crippen molar-refractivity contribution in [2.75, 3.05) is 31.6 Å². The van der Waals surface area contributed by atoms with Crippen molar-refractivity contribution in [3.63, 3.8) is 0 Å². The average Bonchev–Trinajstić information content (AvgIpc) is 2.57. The summed E-state index contributed by atoms with van der Waals surface area (Å²) in [6, 6.07) is 9.90. The quantitative estimate of drug-likeness (QED) is 0.742. The highest BCUT2D eigenvalue weighted by Gasteiger charge is 2.20. The van der Waals surface area contributed by atoms with Crippen molar-refractivity contribution in [3.05, 3.63) is 24.3 Å². The molecule has 0 radical (unpaired) electrons. The minimum Gasteiger partial charge on any atom is -0.396 e. The predicted molar refractivity (Wildman–Crippen MR) is 96.9 cm³/mol. The summed E-state index contributed by atoms with van der Waals surface area (Å²) in [6.07, 6.45) is 2.37. The van der Waals surface area contributed by atoms with E-state index in [1.54, 1.807) is 11.8 Å². The van der Waals surface area contributed by atoms with Gasteiger partial charge in [-0.15, -0.1) is 11.8 Å². The highest BCUT2D eigenvalue weighted by Crippen LogP contribution is 2.31. The number of rotatable bonds is 7. The Morgan fingerprint density at radius 1 is 1.46 bits per heavy atom. The van der Waals surface area contributed by atoms with E-state index in [0.717, 1.165) is 36.5 Å². The van der Waals surface area contributed by atoms with E-state index in [9.17, 15) is 9.90 Å². The van der Waals surface area contributed by atoms with Gasteiger partial charge in [-0.1, -0.05) is 19.1 Å². The van der Waals surface area contributed by atoms with Crippen LogP contribution in [-0.2, 0) is 4.79 Å². The van der Waals surface area contributed by atoms with Gasteiger partial charge in [0.2, 0.25) is 5.91 Å². The Balaban J connectivity index is 1.89. The summed E-state index contributed by atoms with van der Waals surface area (Å²) >= 11 is 1.61. The van der Waals surface area contributed by atoms with Crippen LogP contribution in [0.2, 0.25) is 0 Å². The minimum absolute atomic E-state index is 0.0153. The smallest absolute Gasteiger partial charge is 0.238 e. The lowest BCUT2D eigenvalue weighted by Crippen LogP contribution is -2.39. The van der Waals surface area contributed by atoms with Gasteiger partial charge >= 0.3 is 0 Å². The lowest BCUT2D eigenvalue weighted by Gasteiger charge is -2.30. The average molecular weight is 347 g/mol. The molecule has 1 unspecified atom stereocenters. The van der Waals surface area contributed by atoms with Gasteiger partial charge < -0.3 is 10.4 Å². The Bertz CT molecular complexity index is 580. The van der Waals surface area contributed by atoms with Crippen LogP contribution in [0.5, 0.6) is 0 Å². The van der Waals surface area contributed by atoms with Crippen LogP contribution in [0.15, 0.2) is 29.2 Å². The number of carbonyl (C=O) groups excluding carboxylic acids is 1. The van der Waals surface area contributed by atoms with Crippen LogP contribution in [-0.4, -0.2) is 47.4 Å². The molecule has 1 heterocycles. The topological polar surface area (TPSA) is 76.4 Å². The summed E-state index contributed by atoms with van der Waals surface area (Å²) < 4.78 is 0. The monoisotopic (exact) mass is 347 g/mol. The number of benzene rings is 1. The van der Waals surface area contributed by atoms with Crippen molar-refractivity contribution in [1.82, 2.24) is 4.90 Å². The van der Waals surface area contributed by atoms with E-state index < -0.39 is 0 Å². The first kappa shape index (κ1) is 18.8. The minimum atomic E-state index is -0.0153. The standard InChI is InChI=1S/C18H25N3O2S/c1-14(6-9-19)24-17-5-3-2-4-16(17)20-18(23)12-21-10-7-15(13-22)8-11-21/h2-5,14-15,22H,6-8,10-13H2,1H3,(H,20,23). The fraction of sp³-hybridized carbons (Fsp3) is 0.556. The van der Waals surface area contributed by atoms with Gasteiger partial charge in [0.1, 0.15) is 0 Å². The summed E-state index contributed by atoms with van der Waals surface area (Å²) in [4.78, 5) is 15.5. The number of nitrogens with zero attached hydrogens (tertiary/aromatic N) is 2. The van der Waals surface area contributed by atoms with Crippen LogP contribution in [0.25, 0.3) is 0 Å². The summed E-state index contributed by atoms with van der Waals surface area (Å²) in [5, 5.41) is 21.2. The second-order valence-electron chi connectivity index (χ2n) is 6.24. The number of aliphatic hydroxyl groups is 1. The van der Waals surface area contributed by atoms with Crippen molar-refractivity contribution in [3.8, 4) is 6.07 Å². The number of nitrogens with one attached hydrogen (secondary N) is 1. The van der Waals surface area contributed by atoms with E-state index >= 15 is 0 Å². The van der Waals surface area contributed by atoms with Gasteiger partial charge in [0, 0.05) is 23.2 Å². The molecule has 2 N–H and O–H groups in total. The molecule has 0 bridgehead atoms. The molecule has 1 aliphatic rings. The molecular weight excluding hydrogens is 322 g/mol. The first-order chi connectivity index (χ1) is 11.6. The number of nitriles is 1. The molecule has 0 aliphatic carbocycles. The molecule has 5 nitrogen and oxygen atoms in total. The van der Waals surface area contributed by atoms with E-state index in [4.69, 9.17) is 5.26 Å². The molecule has 1 aromatic rings. The van der Waals surface area contributed by atoms with E-state index in [0.29, 0.717) is 18.9 Å². The highest BCUT2D eigenvalue weighted by molar-refractivity contribution is 8.00. The molecular formula is C18H25N3O2S. The lowest BCUT2D eigenvalue weighted by atomic mass is 9.98. The molecule has 1 saturated heterocycles. The van der Waals surface area contributed by atoms with Gasteiger partial charge in [-0.05, 0) is 44.0 Å². The van der Waals surface area contributed by atoms with E-state index in [1.807, 2.05) is 31.2 Å². The zero-order valence-corrected chi connectivity index (χ0v) is 14.9. The molecule has 0 aromatic heterocycles. The molecule has 2 rings (SSSR count). The third-order valence-corrected chi connectivity index (χ3v) is 5.38. The lowest BCUT2D eigenvalue weighted by molar-refractivity contribution is -0.117. The fourth-order valence-corrected chi connectivity index (χ4v) is 3.77. The maximum absolute atomic E-state index is 12.3. The molecule has 1 aliphatic heterocycles. The van der Waals surface area contributed by atoms with Gasteiger partial charge in [-0.2, -0.15) is 5.26 Å². The number of anilines is 1. The molecule has 1 atom stereocenters. The fourth-order valence-electron chi connectivity index (χ4n) is 2.78. The van der Waals surface area contributed by atoms with Gasteiger partial charge in [-0.3, -0.25) is 9.69 Å². The van der Waals surface area contributed by atoms with E-state index in [1.165, 1.54) is 0 Å². The molecule has 130 valence electrons. The summed E-state index contributed by atoms with van der Waals surface area (Å²) in [7, 11) is 0. The van der Waals surface area contributed by atoms with Gasteiger partial charge in [0.25, 0.3) is 0 Å². The van der Waals surface area contributed by atoms with Gasteiger partial charge in [0.05, 0.1) is 18.3 Å².